The molecule has 0 saturated carbocycles. The van der Waals surface area contributed by atoms with Crippen molar-refractivity contribution in [2.45, 2.75) is 19.3 Å². The molecule has 1 N–H and O–H groups in total. The third-order valence-electron chi connectivity index (χ3n) is 2.68. The Labute approximate surface area is 95.4 Å². The molecule has 0 heterocycles. The number of hydrogen-bond acceptors (Lipinski definition) is 3. The lowest BCUT2D eigenvalue weighted by Gasteiger charge is -2.22. The number of aromatic hydroxyl groups is 1. The van der Waals surface area contributed by atoms with Crippen LogP contribution in [0.3, 0.4) is 0 Å². The lowest BCUT2D eigenvalue weighted by atomic mass is 9.83. The molecule has 1 aromatic carbocycles. The number of carbonyl (C=O) groups excluding carboxylic acids is 1. The lowest BCUT2D eigenvalue weighted by molar-refractivity contribution is 0.112. The molecule has 0 amide bonds. The van der Waals surface area contributed by atoms with Gasteiger partial charge in [0, 0.05) is 17.0 Å². The minimum absolute atomic E-state index is 0.104. The second kappa shape index (κ2) is 4.39. The molecule has 3 heteroatoms. The number of methoxy groups -OCH3 is 1. The molecule has 86 valence electrons. The molecule has 0 atom stereocenters. The van der Waals surface area contributed by atoms with Crippen LogP contribution >= 0.6 is 0 Å². The molecular weight excluding hydrogens is 204 g/mol. The van der Waals surface area contributed by atoms with Gasteiger partial charge in [0.25, 0.3) is 0 Å². The molecule has 0 aromatic heterocycles. The number of phenolic OH excluding ortho intramolecular Hbond substituents is 1. The minimum atomic E-state index is -0.395. The zero-order valence-corrected chi connectivity index (χ0v) is 9.78. The normalized spacial score (nSPS) is 10.9. The highest BCUT2D eigenvalue weighted by molar-refractivity contribution is 5.80. The highest BCUT2D eigenvalue weighted by Gasteiger charge is 2.22. The number of carbonyl (C=O) groups is 1. The summed E-state index contributed by atoms with van der Waals surface area (Å²) in [5, 5.41) is 9.87. The van der Waals surface area contributed by atoms with Crippen molar-refractivity contribution in [3.05, 3.63) is 35.9 Å². The van der Waals surface area contributed by atoms with E-state index < -0.39 is 5.41 Å². The highest BCUT2D eigenvalue weighted by Crippen LogP contribution is 2.36. The van der Waals surface area contributed by atoms with Gasteiger partial charge in [-0.1, -0.05) is 19.9 Å². The summed E-state index contributed by atoms with van der Waals surface area (Å²) in [7, 11) is 1.46. The Morgan fingerprint density at radius 3 is 2.50 bits per heavy atom. The van der Waals surface area contributed by atoms with E-state index in [1.807, 2.05) is 13.8 Å². The van der Waals surface area contributed by atoms with Crippen LogP contribution in [0, 0.1) is 0 Å². The standard InChI is InChI=1S/C13H16O3/c1-5-13(2,3)10-6-9(8-14)12(16-4)7-11(10)15/h5-8,15H,1H2,2-4H3. The van der Waals surface area contributed by atoms with E-state index in [0.717, 1.165) is 0 Å². The van der Waals surface area contributed by atoms with Gasteiger partial charge < -0.3 is 9.84 Å². The summed E-state index contributed by atoms with van der Waals surface area (Å²) < 4.78 is 5.00. The van der Waals surface area contributed by atoms with Crippen LogP contribution < -0.4 is 4.74 Å². The lowest BCUT2D eigenvalue weighted by Crippen LogP contribution is -2.13. The van der Waals surface area contributed by atoms with E-state index >= 15 is 0 Å². The van der Waals surface area contributed by atoms with E-state index in [9.17, 15) is 9.90 Å². The number of phenols is 1. The zero-order chi connectivity index (χ0) is 12.3. The van der Waals surface area contributed by atoms with E-state index in [4.69, 9.17) is 4.74 Å². The van der Waals surface area contributed by atoms with Crippen LogP contribution in [0.2, 0.25) is 0 Å². The van der Waals surface area contributed by atoms with E-state index in [2.05, 4.69) is 6.58 Å². The molecule has 0 spiro atoms. The number of rotatable bonds is 4. The summed E-state index contributed by atoms with van der Waals surface area (Å²) in [6, 6.07) is 3.08. The van der Waals surface area contributed by atoms with Crippen molar-refractivity contribution in [1.82, 2.24) is 0 Å². The maximum atomic E-state index is 10.9. The van der Waals surface area contributed by atoms with Gasteiger partial charge in [-0.25, -0.2) is 0 Å². The predicted octanol–water partition coefficient (Wildman–Crippen LogP) is 2.68. The van der Waals surface area contributed by atoms with Gasteiger partial charge in [-0.2, -0.15) is 0 Å². The topological polar surface area (TPSA) is 46.5 Å². The van der Waals surface area contributed by atoms with Crippen LogP contribution in [0.1, 0.15) is 29.8 Å². The molecule has 0 bridgehead atoms. The van der Waals surface area contributed by atoms with Gasteiger partial charge in [0.2, 0.25) is 0 Å². The van der Waals surface area contributed by atoms with Crippen molar-refractivity contribution in [2.24, 2.45) is 0 Å². The Kier molecular flexibility index (Phi) is 3.38. The quantitative estimate of drug-likeness (QED) is 0.626. The Balaban J connectivity index is 3.43. The van der Waals surface area contributed by atoms with Gasteiger partial charge >= 0.3 is 0 Å². The average Bonchev–Trinajstić information content (AvgIpc) is 2.28. The number of benzene rings is 1. The second-order valence-electron chi connectivity index (χ2n) is 4.15. The minimum Gasteiger partial charge on any atom is -0.507 e. The van der Waals surface area contributed by atoms with Crippen molar-refractivity contribution in [3.63, 3.8) is 0 Å². The van der Waals surface area contributed by atoms with E-state index in [0.29, 0.717) is 23.2 Å². The first kappa shape index (κ1) is 12.3. The Hall–Kier alpha value is -1.77. The Bertz CT molecular complexity index is 419. The molecule has 1 aromatic rings. The zero-order valence-electron chi connectivity index (χ0n) is 9.78. The summed E-state index contributed by atoms with van der Waals surface area (Å²) in [6.45, 7) is 7.54. The Morgan fingerprint density at radius 2 is 2.06 bits per heavy atom. The van der Waals surface area contributed by atoms with Gasteiger partial charge in [-0.15, -0.1) is 6.58 Å². The molecular formula is C13H16O3. The molecule has 0 unspecified atom stereocenters. The van der Waals surface area contributed by atoms with Crippen LogP contribution in [0.25, 0.3) is 0 Å². The summed E-state index contributed by atoms with van der Waals surface area (Å²) in [5.74, 6) is 0.475. The predicted molar refractivity (Wildman–Crippen MR) is 63.3 cm³/mol. The fraction of sp³-hybridized carbons (Fsp3) is 0.308. The van der Waals surface area contributed by atoms with Crippen LogP contribution in [-0.2, 0) is 5.41 Å². The molecule has 0 saturated heterocycles. The molecule has 0 radical (unpaired) electrons. The van der Waals surface area contributed by atoms with Crippen molar-refractivity contribution < 1.29 is 14.6 Å². The molecule has 3 nitrogen and oxygen atoms in total. The average molecular weight is 220 g/mol. The number of hydrogen-bond donors (Lipinski definition) is 1. The highest BCUT2D eigenvalue weighted by atomic mass is 16.5. The molecule has 0 fully saturated rings. The fourth-order valence-electron chi connectivity index (χ4n) is 1.48. The summed E-state index contributed by atoms with van der Waals surface area (Å²) >= 11 is 0. The third kappa shape index (κ3) is 2.08. The first-order chi connectivity index (χ1) is 7.46. The molecule has 0 aliphatic rings. The van der Waals surface area contributed by atoms with Crippen LogP contribution in [-0.4, -0.2) is 18.5 Å². The Morgan fingerprint density at radius 1 is 1.44 bits per heavy atom. The van der Waals surface area contributed by atoms with Crippen molar-refractivity contribution in [3.8, 4) is 11.5 Å². The fourth-order valence-corrected chi connectivity index (χ4v) is 1.48. The molecule has 0 aliphatic carbocycles. The van der Waals surface area contributed by atoms with Crippen molar-refractivity contribution in [1.29, 1.82) is 0 Å². The van der Waals surface area contributed by atoms with Crippen molar-refractivity contribution in [2.75, 3.05) is 7.11 Å². The van der Waals surface area contributed by atoms with E-state index in [1.54, 1.807) is 12.1 Å². The first-order valence-electron chi connectivity index (χ1n) is 4.96. The summed E-state index contributed by atoms with van der Waals surface area (Å²) in [5.41, 5.74) is 0.685. The molecule has 1 rings (SSSR count). The van der Waals surface area contributed by atoms with Gasteiger partial charge in [0.1, 0.15) is 11.5 Å². The number of ether oxygens (including phenoxy) is 1. The van der Waals surface area contributed by atoms with Crippen LogP contribution in [0.15, 0.2) is 24.8 Å². The third-order valence-corrected chi connectivity index (χ3v) is 2.68. The van der Waals surface area contributed by atoms with Gasteiger partial charge in [-0.3, -0.25) is 4.79 Å². The van der Waals surface area contributed by atoms with Crippen LogP contribution in [0.4, 0.5) is 0 Å². The monoisotopic (exact) mass is 220 g/mol. The molecule has 16 heavy (non-hydrogen) atoms. The smallest absolute Gasteiger partial charge is 0.153 e. The second-order valence-corrected chi connectivity index (χ2v) is 4.15. The first-order valence-corrected chi connectivity index (χ1v) is 4.96. The molecule has 0 aliphatic heterocycles. The number of aldehydes is 1. The van der Waals surface area contributed by atoms with Crippen molar-refractivity contribution >= 4 is 6.29 Å². The maximum absolute atomic E-state index is 10.9. The van der Waals surface area contributed by atoms with Gasteiger partial charge in [0.05, 0.1) is 12.7 Å². The van der Waals surface area contributed by atoms with E-state index in [1.165, 1.54) is 13.2 Å². The van der Waals surface area contributed by atoms with Gasteiger partial charge in [-0.05, 0) is 6.07 Å². The summed E-state index contributed by atoms with van der Waals surface area (Å²) in [4.78, 5) is 10.9. The number of allylic oxidation sites excluding steroid dienone is 1. The van der Waals surface area contributed by atoms with Crippen LogP contribution in [0.5, 0.6) is 11.5 Å². The largest absolute Gasteiger partial charge is 0.507 e. The maximum Gasteiger partial charge on any atom is 0.153 e. The SMILES string of the molecule is C=CC(C)(C)c1cc(C=O)c(OC)cc1O. The van der Waals surface area contributed by atoms with Gasteiger partial charge in [0.15, 0.2) is 6.29 Å². The summed E-state index contributed by atoms with van der Waals surface area (Å²) in [6.07, 6.45) is 2.43. The van der Waals surface area contributed by atoms with E-state index in [-0.39, 0.29) is 5.75 Å².